The Morgan fingerprint density at radius 3 is 2.67 bits per heavy atom. The molecule has 0 amide bonds. The van der Waals surface area contributed by atoms with E-state index >= 15 is 0 Å². The van der Waals surface area contributed by atoms with Crippen LogP contribution in [0.3, 0.4) is 0 Å². The van der Waals surface area contributed by atoms with Crippen molar-refractivity contribution < 1.29 is 18.7 Å². The summed E-state index contributed by atoms with van der Waals surface area (Å²) >= 11 is 0. The van der Waals surface area contributed by atoms with Crippen LogP contribution in [0, 0.1) is 18.6 Å². The van der Waals surface area contributed by atoms with E-state index in [1.165, 1.54) is 31.2 Å². The second kappa shape index (κ2) is 4.66. The predicted molar refractivity (Wildman–Crippen MR) is 73.1 cm³/mol. The first-order chi connectivity index (χ1) is 9.95. The minimum absolute atomic E-state index is 0.105. The Kier molecular flexibility index (Phi) is 2.94. The first kappa shape index (κ1) is 13.2. The number of hydrogen-bond donors (Lipinski definition) is 2. The van der Waals surface area contributed by atoms with Crippen molar-refractivity contribution in [3.63, 3.8) is 0 Å². The van der Waals surface area contributed by atoms with Gasteiger partial charge in [0.1, 0.15) is 17.5 Å². The van der Waals surface area contributed by atoms with Gasteiger partial charge in [0.15, 0.2) is 0 Å². The summed E-state index contributed by atoms with van der Waals surface area (Å²) in [4.78, 5) is 18.0. The van der Waals surface area contributed by atoms with Crippen molar-refractivity contribution in [2.24, 2.45) is 0 Å². The number of aryl methyl sites for hydroxylation is 1. The number of carboxylic acids is 1. The molecule has 0 aliphatic rings. The van der Waals surface area contributed by atoms with Gasteiger partial charge in [-0.15, -0.1) is 0 Å². The topological polar surface area (TPSA) is 66.0 Å². The van der Waals surface area contributed by atoms with Crippen molar-refractivity contribution in [3.8, 4) is 11.4 Å². The third-order valence-corrected chi connectivity index (χ3v) is 3.23. The summed E-state index contributed by atoms with van der Waals surface area (Å²) in [5, 5.41) is 8.94. The number of imidazole rings is 1. The van der Waals surface area contributed by atoms with Gasteiger partial charge in [-0.2, -0.15) is 0 Å². The molecule has 0 bridgehead atoms. The van der Waals surface area contributed by atoms with Crippen LogP contribution in [-0.4, -0.2) is 21.0 Å². The number of carboxylic acid groups (broad SMARTS) is 1. The number of halogens is 2. The molecular formula is C15H10F2N2O2. The van der Waals surface area contributed by atoms with Gasteiger partial charge in [0, 0.05) is 6.07 Å². The number of aromatic carboxylic acids is 1. The summed E-state index contributed by atoms with van der Waals surface area (Å²) in [6, 6.07) is 6.54. The summed E-state index contributed by atoms with van der Waals surface area (Å²) in [7, 11) is 0. The number of carbonyl (C=O) groups is 1. The van der Waals surface area contributed by atoms with Crippen LogP contribution in [-0.2, 0) is 0 Å². The average molecular weight is 288 g/mol. The lowest BCUT2D eigenvalue weighted by molar-refractivity contribution is 0.0697. The predicted octanol–water partition coefficient (Wildman–Crippen LogP) is 3.51. The summed E-state index contributed by atoms with van der Waals surface area (Å²) in [6.07, 6.45) is 0. The van der Waals surface area contributed by atoms with Gasteiger partial charge in [-0.05, 0) is 36.8 Å². The molecule has 4 nitrogen and oxygen atoms in total. The van der Waals surface area contributed by atoms with Gasteiger partial charge in [0.25, 0.3) is 0 Å². The Labute approximate surface area is 118 Å². The number of fused-ring (bicyclic) bond motifs is 1. The number of nitrogens with zero attached hydrogens (tertiary/aromatic N) is 1. The van der Waals surface area contributed by atoms with E-state index in [4.69, 9.17) is 5.11 Å². The third kappa shape index (κ3) is 2.24. The Morgan fingerprint density at radius 2 is 1.95 bits per heavy atom. The fourth-order valence-electron chi connectivity index (χ4n) is 2.11. The zero-order valence-electron chi connectivity index (χ0n) is 10.9. The molecule has 0 fully saturated rings. The molecule has 0 saturated heterocycles. The van der Waals surface area contributed by atoms with Crippen molar-refractivity contribution in [3.05, 3.63) is 53.1 Å². The van der Waals surface area contributed by atoms with E-state index in [1.807, 2.05) is 0 Å². The van der Waals surface area contributed by atoms with Gasteiger partial charge < -0.3 is 10.1 Å². The van der Waals surface area contributed by atoms with Crippen LogP contribution in [0.15, 0.2) is 30.3 Å². The molecule has 21 heavy (non-hydrogen) atoms. The summed E-state index contributed by atoms with van der Waals surface area (Å²) < 4.78 is 27.1. The van der Waals surface area contributed by atoms with Gasteiger partial charge in [-0.25, -0.2) is 18.6 Å². The Bertz CT molecular complexity index is 871. The summed E-state index contributed by atoms with van der Waals surface area (Å²) in [6.45, 7) is 1.53. The first-order valence-electron chi connectivity index (χ1n) is 6.15. The Hall–Kier alpha value is -2.76. The van der Waals surface area contributed by atoms with Crippen molar-refractivity contribution in [2.45, 2.75) is 6.92 Å². The van der Waals surface area contributed by atoms with Gasteiger partial charge >= 0.3 is 5.97 Å². The molecule has 1 aromatic heterocycles. The third-order valence-electron chi connectivity index (χ3n) is 3.23. The van der Waals surface area contributed by atoms with E-state index in [0.717, 1.165) is 6.07 Å². The minimum atomic E-state index is -1.06. The summed E-state index contributed by atoms with van der Waals surface area (Å²) in [5.74, 6) is -2.18. The second-order valence-corrected chi connectivity index (χ2v) is 4.70. The normalized spacial score (nSPS) is 11.0. The fourth-order valence-corrected chi connectivity index (χ4v) is 2.11. The molecule has 2 N–H and O–H groups in total. The molecule has 0 spiro atoms. The molecule has 0 atom stereocenters. The van der Waals surface area contributed by atoms with Crippen LogP contribution in [0.2, 0.25) is 0 Å². The van der Waals surface area contributed by atoms with Crippen molar-refractivity contribution in [2.75, 3.05) is 0 Å². The van der Waals surface area contributed by atoms with Crippen LogP contribution < -0.4 is 0 Å². The smallest absolute Gasteiger partial charge is 0.335 e. The van der Waals surface area contributed by atoms with E-state index in [9.17, 15) is 13.6 Å². The maximum Gasteiger partial charge on any atom is 0.335 e. The van der Waals surface area contributed by atoms with Crippen molar-refractivity contribution >= 4 is 17.0 Å². The molecule has 6 heteroatoms. The van der Waals surface area contributed by atoms with E-state index in [-0.39, 0.29) is 17.0 Å². The van der Waals surface area contributed by atoms with Crippen LogP contribution in [0.4, 0.5) is 8.78 Å². The highest BCUT2D eigenvalue weighted by atomic mass is 19.1. The van der Waals surface area contributed by atoms with Gasteiger partial charge in [-0.1, -0.05) is 0 Å². The molecule has 0 aliphatic heterocycles. The number of nitrogens with one attached hydrogen (secondary N) is 1. The van der Waals surface area contributed by atoms with Crippen LogP contribution in [0.25, 0.3) is 22.4 Å². The van der Waals surface area contributed by atoms with Crippen LogP contribution in [0.5, 0.6) is 0 Å². The maximum absolute atomic E-state index is 13.9. The lowest BCUT2D eigenvalue weighted by Gasteiger charge is -2.02. The molecule has 0 unspecified atom stereocenters. The molecule has 0 saturated carbocycles. The number of aromatic amines is 1. The lowest BCUT2D eigenvalue weighted by Crippen LogP contribution is -1.94. The highest BCUT2D eigenvalue weighted by molar-refractivity contribution is 5.93. The molecule has 3 rings (SSSR count). The largest absolute Gasteiger partial charge is 0.478 e. The number of aromatic nitrogens is 2. The standard InChI is InChI=1S/C15H10F2N2O2/c1-7-4-9(11(17)6-10(7)16)14-18-12-3-2-8(15(20)21)5-13(12)19-14/h2-6H,1H3,(H,18,19)(H,20,21). The molecule has 0 radical (unpaired) electrons. The highest BCUT2D eigenvalue weighted by Gasteiger charge is 2.14. The molecule has 3 aromatic rings. The quantitative estimate of drug-likeness (QED) is 0.758. The maximum atomic E-state index is 13.9. The monoisotopic (exact) mass is 288 g/mol. The van der Waals surface area contributed by atoms with E-state index < -0.39 is 17.6 Å². The fraction of sp³-hybridized carbons (Fsp3) is 0.0667. The number of hydrogen-bond acceptors (Lipinski definition) is 2. The summed E-state index contributed by atoms with van der Waals surface area (Å²) in [5.41, 5.74) is 1.54. The molecule has 106 valence electrons. The first-order valence-corrected chi connectivity index (χ1v) is 6.15. The number of H-pyrrole nitrogens is 1. The van der Waals surface area contributed by atoms with E-state index in [0.29, 0.717) is 16.6 Å². The van der Waals surface area contributed by atoms with E-state index in [2.05, 4.69) is 9.97 Å². The van der Waals surface area contributed by atoms with Gasteiger partial charge in [-0.3, -0.25) is 0 Å². The van der Waals surface area contributed by atoms with Crippen molar-refractivity contribution in [1.29, 1.82) is 0 Å². The Balaban J connectivity index is 2.17. The molecular weight excluding hydrogens is 278 g/mol. The zero-order valence-corrected chi connectivity index (χ0v) is 10.9. The lowest BCUT2D eigenvalue weighted by atomic mass is 10.1. The molecule has 0 aliphatic carbocycles. The average Bonchev–Trinajstić information content (AvgIpc) is 2.85. The molecule has 2 aromatic carbocycles. The number of rotatable bonds is 2. The molecule has 1 heterocycles. The SMILES string of the molecule is Cc1cc(-c2nc3ccc(C(=O)O)cc3[nH]2)c(F)cc1F. The van der Waals surface area contributed by atoms with E-state index in [1.54, 1.807) is 0 Å². The van der Waals surface area contributed by atoms with Crippen molar-refractivity contribution in [1.82, 2.24) is 9.97 Å². The van der Waals surface area contributed by atoms with Gasteiger partial charge in [0.05, 0.1) is 22.2 Å². The number of benzene rings is 2. The van der Waals surface area contributed by atoms with Crippen LogP contribution in [0.1, 0.15) is 15.9 Å². The van der Waals surface area contributed by atoms with Gasteiger partial charge in [0.2, 0.25) is 0 Å². The highest BCUT2D eigenvalue weighted by Crippen LogP contribution is 2.26. The second-order valence-electron chi connectivity index (χ2n) is 4.70. The Morgan fingerprint density at radius 1 is 1.19 bits per heavy atom. The minimum Gasteiger partial charge on any atom is -0.478 e. The van der Waals surface area contributed by atoms with Crippen LogP contribution >= 0.6 is 0 Å². The zero-order chi connectivity index (χ0) is 15.1.